The lowest BCUT2D eigenvalue weighted by molar-refractivity contribution is 0.663. The van der Waals surface area contributed by atoms with Gasteiger partial charge in [-0.05, 0) is 31.3 Å². The zero-order valence-corrected chi connectivity index (χ0v) is 10.4. The van der Waals surface area contributed by atoms with E-state index in [1.165, 1.54) is 24.3 Å². The number of thioether (sulfide) groups is 1. The number of nitrogens with one attached hydrogen (secondary N) is 2. The van der Waals surface area contributed by atoms with Gasteiger partial charge in [0.05, 0.1) is 0 Å². The third kappa shape index (κ3) is 3.27. The molecule has 1 aromatic heterocycles. The maximum atomic E-state index is 4.25. The van der Waals surface area contributed by atoms with Gasteiger partial charge in [-0.2, -0.15) is 11.8 Å². The van der Waals surface area contributed by atoms with Crippen molar-refractivity contribution in [2.75, 3.05) is 28.7 Å². The second-order valence-corrected chi connectivity index (χ2v) is 5.07. The molecule has 0 bridgehead atoms. The first-order chi connectivity index (χ1) is 7.88. The molecule has 0 radical (unpaired) electrons. The van der Waals surface area contributed by atoms with Crippen LogP contribution < -0.4 is 10.6 Å². The van der Waals surface area contributed by atoms with Crippen molar-refractivity contribution >= 4 is 23.4 Å². The summed E-state index contributed by atoms with van der Waals surface area (Å²) < 4.78 is 0. The minimum absolute atomic E-state index is 0.575. The number of anilines is 2. The molecule has 0 unspecified atom stereocenters. The van der Waals surface area contributed by atoms with Crippen LogP contribution in [0.2, 0.25) is 0 Å². The third-order valence-electron chi connectivity index (χ3n) is 2.60. The van der Waals surface area contributed by atoms with Crippen molar-refractivity contribution in [2.45, 2.75) is 25.8 Å². The first-order valence-corrected chi connectivity index (χ1v) is 6.94. The van der Waals surface area contributed by atoms with E-state index in [4.69, 9.17) is 0 Å². The molecule has 0 atom stereocenters. The number of rotatable bonds is 4. The van der Waals surface area contributed by atoms with Gasteiger partial charge in [-0.3, -0.25) is 0 Å². The molecule has 1 fully saturated rings. The molecule has 1 aliphatic rings. The van der Waals surface area contributed by atoms with Crippen molar-refractivity contribution in [2.24, 2.45) is 0 Å². The fraction of sp³-hybridized carbons (Fsp3) is 0.636. The summed E-state index contributed by atoms with van der Waals surface area (Å²) in [4.78, 5) is 8.40. The van der Waals surface area contributed by atoms with Crippen molar-refractivity contribution in [3.8, 4) is 0 Å². The topological polar surface area (TPSA) is 49.8 Å². The van der Waals surface area contributed by atoms with Crippen LogP contribution in [0.3, 0.4) is 0 Å². The molecular weight excluding hydrogens is 220 g/mol. The molecule has 2 heterocycles. The Morgan fingerprint density at radius 2 is 2.06 bits per heavy atom. The molecule has 4 nitrogen and oxygen atoms in total. The molecule has 1 aromatic rings. The lowest BCUT2D eigenvalue weighted by atomic mass is 10.1. The van der Waals surface area contributed by atoms with E-state index in [0.29, 0.717) is 6.04 Å². The molecule has 0 amide bonds. The molecular formula is C11H18N4S. The molecule has 0 saturated carbocycles. The van der Waals surface area contributed by atoms with E-state index >= 15 is 0 Å². The van der Waals surface area contributed by atoms with Crippen LogP contribution in [0.15, 0.2) is 12.4 Å². The van der Waals surface area contributed by atoms with Gasteiger partial charge in [-0.1, -0.05) is 0 Å². The van der Waals surface area contributed by atoms with Crippen LogP contribution in [0.25, 0.3) is 0 Å². The zero-order valence-electron chi connectivity index (χ0n) is 9.57. The standard InChI is InChI=1S/C11H18N4S/c1-2-12-10-7-11(14-8-13-10)15-9-3-5-16-6-4-9/h7-9H,2-6H2,1H3,(H2,12,13,14,15). The third-order valence-corrected chi connectivity index (χ3v) is 3.65. The molecule has 2 N–H and O–H groups in total. The average molecular weight is 238 g/mol. The summed E-state index contributed by atoms with van der Waals surface area (Å²) in [5.74, 6) is 4.33. The van der Waals surface area contributed by atoms with Crippen LogP contribution in [0.4, 0.5) is 11.6 Å². The van der Waals surface area contributed by atoms with Crippen molar-refractivity contribution in [1.82, 2.24) is 9.97 Å². The number of hydrogen-bond acceptors (Lipinski definition) is 5. The Kier molecular flexibility index (Phi) is 4.27. The SMILES string of the molecule is CCNc1cc(NC2CCSCC2)ncn1. The van der Waals surface area contributed by atoms with E-state index in [2.05, 4.69) is 27.5 Å². The van der Waals surface area contributed by atoms with Crippen LogP contribution in [0, 0.1) is 0 Å². The number of aromatic nitrogens is 2. The zero-order chi connectivity index (χ0) is 11.2. The van der Waals surface area contributed by atoms with Gasteiger partial charge in [0.1, 0.15) is 18.0 Å². The van der Waals surface area contributed by atoms with Crippen LogP contribution in [0.1, 0.15) is 19.8 Å². The largest absolute Gasteiger partial charge is 0.370 e. The second kappa shape index (κ2) is 5.94. The molecule has 1 aliphatic heterocycles. The second-order valence-electron chi connectivity index (χ2n) is 3.85. The van der Waals surface area contributed by atoms with Crippen molar-refractivity contribution in [3.63, 3.8) is 0 Å². The van der Waals surface area contributed by atoms with E-state index in [1.54, 1.807) is 6.33 Å². The Morgan fingerprint density at radius 3 is 2.81 bits per heavy atom. The Balaban J connectivity index is 1.94. The number of nitrogens with zero attached hydrogens (tertiary/aromatic N) is 2. The fourth-order valence-electron chi connectivity index (χ4n) is 1.77. The Hall–Kier alpha value is -0.970. The number of hydrogen-bond donors (Lipinski definition) is 2. The van der Waals surface area contributed by atoms with E-state index < -0.39 is 0 Å². The first-order valence-electron chi connectivity index (χ1n) is 5.78. The summed E-state index contributed by atoms with van der Waals surface area (Å²) in [6.45, 7) is 2.95. The van der Waals surface area contributed by atoms with Gasteiger partial charge in [-0.25, -0.2) is 9.97 Å². The highest BCUT2D eigenvalue weighted by Gasteiger charge is 2.13. The van der Waals surface area contributed by atoms with Gasteiger partial charge in [0, 0.05) is 18.7 Å². The molecule has 0 aliphatic carbocycles. The Labute approximate surface area is 101 Å². The van der Waals surface area contributed by atoms with E-state index in [0.717, 1.165) is 18.2 Å². The molecule has 16 heavy (non-hydrogen) atoms. The van der Waals surface area contributed by atoms with Crippen molar-refractivity contribution in [1.29, 1.82) is 0 Å². The van der Waals surface area contributed by atoms with Gasteiger partial charge in [-0.15, -0.1) is 0 Å². The summed E-state index contributed by atoms with van der Waals surface area (Å²) in [7, 11) is 0. The summed E-state index contributed by atoms with van der Waals surface area (Å²) in [5, 5.41) is 6.67. The molecule has 0 spiro atoms. The van der Waals surface area contributed by atoms with Crippen LogP contribution >= 0.6 is 11.8 Å². The first kappa shape index (κ1) is 11.5. The minimum Gasteiger partial charge on any atom is -0.370 e. The normalized spacial score (nSPS) is 17.1. The molecule has 2 rings (SSSR count). The van der Waals surface area contributed by atoms with Crippen LogP contribution in [-0.2, 0) is 0 Å². The fourth-order valence-corrected chi connectivity index (χ4v) is 2.87. The lowest BCUT2D eigenvalue weighted by Crippen LogP contribution is -2.25. The monoisotopic (exact) mass is 238 g/mol. The van der Waals surface area contributed by atoms with Gasteiger partial charge in [0.15, 0.2) is 0 Å². The van der Waals surface area contributed by atoms with E-state index in [-0.39, 0.29) is 0 Å². The summed E-state index contributed by atoms with van der Waals surface area (Å²) in [5.41, 5.74) is 0. The quantitative estimate of drug-likeness (QED) is 0.842. The highest BCUT2D eigenvalue weighted by Crippen LogP contribution is 2.20. The average Bonchev–Trinajstić information content (AvgIpc) is 2.31. The Morgan fingerprint density at radius 1 is 1.31 bits per heavy atom. The lowest BCUT2D eigenvalue weighted by Gasteiger charge is -2.23. The van der Waals surface area contributed by atoms with Crippen molar-refractivity contribution < 1.29 is 0 Å². The van der Waals surface area contributed by atoms with Crippen LogP contribution in [0.5, 0.6) is 0 Å². The predicted molar refractivity (Wildman–Crippen MR) is 70.2 cm³/mol. The molecule has 1 saturated heterocycles. The minimum atomic E-state index is 0.575. The Bertz CT molecular complexity index is 326. The summed E-state index contributed by atoms with van der Waals surface area (Å²) in [6, 6.07) is 2.55. The van der Waals surface area contributed by atoms with Gasteiger partial charge in [0.2, 0.25) is 0 Å². The maximum absolute atomic E-state index is 4.25. The molecule has 5 heteroatoms. The van der Waals surface area contributed by atoms with E-state index in [9.17, 15) is 0 Å². The van der Waals surface area contributed by atoms with E-state index in [1.807, 2.05) is 17.8 Å². The molecule has 88 valence electrons. The van der Waals surface area contributed by atoms with Gasteiger partial charge >= 0.3 is 0 Å². The highest BCUT2D eigenvalue weighted by molar-refractivity contribution is 7.99. The van der Waals surface area contributed by atoms with Gasteiger partial charge in [0.25, 0.3) is 0 Å². The van der Waals surface area contributed by atoms with Crippen LogP contribution in [-0.4, -0.2) is 34.1 Å². The predicted octanol–water partition coefficient (Wildman–Crippen LogP) is 2.22. The molecule has 0 aromatic carbocycles. The maximum Gasteiger partial charge on any atom is 0.131 e. The summed E-state index contributed by atoms with van der Waals surface area (Å²) >= 11 is 2.04. The highest BCUT2D eigenvalue weighted by atomic mass is 32.2. The van der Waals surface area contributed by atoms with Crippen molar-refractivity contribution in [3.05, 3.63) is 12.4 Å². The smallest absolute Gasteiger partial charge is 0.131 e. The summed E-state index contributed by atoms with van der Waals surface area (Å²) in [6.07, 6.45) is 4.06. The van der Waals surface area contributed by atoms with Gasteiger partial charge < -0.3 is 10.6 Å².